The number of benzene rings is 3. The van der Waals surface area contributed by atoms with Crippen molar-refractivity contribution in [2.24, 2.45) is 5.92 Å². The van der Waals surface area contributed by atoms with E-state index in [1.165, 1.54) is 29.5 Å². The molecule has 1 saturated carbocycles. The third-order valence-corrected chi connectivity index (χ3v) is 9.54. The summed E-state index contributed by atoms with van der Waals surface area (Å²) in [6.07, 6.45) is 5.97. The largest absolute Gasteiger partial charge is 0.355 e. The normalized spacial score (nSPS) is 22.8. The molecule has 200 valence electrons. The number of aryl methyl sites for hydroxylation is 2. The molecule has 39 heavy (non-hydrogen) atoms. The number of nitrogens with zero attached hydrogens (tertiary/aromatic N) is 3. The average molecular weight is 542 g/mol. The summed E-state index contributed by atoms with van der Waals surface area (Å²) in [5.74, 6) is 0.358. The van der Waals surface area contributed by atoms with Crippen LogP contribution in [0.1, 0.15) is 41.5 Å². The van der Waals surface area contributed by atoms with E-state index in [2.05, 4.69) is 65.0 Å². The lowest BCUT2D eigenvalue weighted by Gasteiger charge is -2.25. The van der Waals surface area contributed by atoms with E-state index in [1.807, 2.05) is 16.9 Å². The third kappa shape index (κ3) is 4.51. The lowest BCUT2D eigenvalue weighted by molar-refractivity contribution is 0.454. The van der Waals surface area contributed by atoms with E-state index in [1.54, 1.807) is 18.3 Å². The number of nitrogens with one attached hydrogen (secondary N) is 2. The Labute approximate surface area is 231 Å². The van der Waals surface area contributed by atoms with E-state index in [9.17, 15) is 8.60 Å². The highest BCUT2D eigenvalue weighted by molar-refractivity contribution is 7.82. The first-order valence-corrected chi connectivity index (χ1v) is 14.5. The van der Waals surface area contributed by atoms with E-state index in [4.69, 9.17) is 5.41 Å². The lowest BCUT2D eigenvalue weighted by atomic mass is 9.86. The summed E-state index contributed by atoms with van der Waals surface area (Å²) in [6, 6.07) is 21.0. The van der Waals surface area contributed by atoms with E-state index in [0.717, 1.165) is 46.9 Å². The second-order valence-corrected chi connectivity index (χ2v) is 12.1. The molecule has 2 aliphatic rings. The highest BCUT2D eigenvalue weighted by atomic mass is 32.2. The minimum Gasteiger partial charge on any atom is -0.355 e. The standard InChI is InChI=1S/C31H32FN5OS/c1-3-13-36-18-26(17-34-36)39(38)37-19-28-30(22-7-5-4-6-8-22)31(28,20-37)27-15-23(16-33)29(14-21(27)2)35-25-11-9-24(32)10-12-25/h4-12,14-18,28,30,33,35H,3,13,19-20H2,1-2H3. The van der Waals surface area contributed by atoms with Gasteiger partial charge < -0.3 is 10.7 Å². The Morgan fingerprint density at radius 2 is 1.95 bits per heavy atom. The van der Waals surface area contributed by atoms with Crippen molar-refractivity contribution in [2.75, 3.05) is 18.4 Å². The van der Waals surface area contributed by atoms with Gasteiger partial charge in [-0.15, -0.1) is 0 Å². The highest BCUT2D eigenvalue weighted by Crippen LogP contribution is 2.70. The molecule has 8 heteroatoms. The van der Waals surface area contributed by atoms with Crippen molar-refractivity contribution in [1.29, 1.82) is 5.41 Å². The molecule has 0 spiro atoms. The molecule has 0 radical (unpaired) electrons. The Morgan fingerprint density at radius 3 is 2.67 bits per heavy atom. The molecule has 6 nitrogen and oxygen atoms in total. The summed E-state index contributed by atoms with van der Waals surface area (Å²) < 4.78 is 31.0. The Bertz CT molecular complexity index is 1540. The molecule has 1 aliphatic heterocycles. The smallest absolute Gasteiger partial charge is 0.130 e. The predicted molar refractivity (Wildman–Crippen MR) is 154 cm³/mol. The summed E-state index contributed by atoms with van der Waals surface area (Å²) in [4.78, 5) is 0.743. The zero-order chi connectivity index (χ0) is 27.1. The van der Waals surface area contributed by atoms with Crippen LogP contribution in [0.25, 0.3) is 0 Å². The molecule has 1 aliphatic carbocycles. The van der Waals surface area contributed by atoms with Crippen LogP contribution in [0.5, 0.6) is 0 Å². The van der Waals surface area contributed by atoms with Crippen molar-refractivity contribution < 1.29 is 8.60 Å². The van der Waals surface area contributed by atoms with Crippen molar-refractivity contribution in [3.05, 3.63) is 107 Å². The molecule has 4 unspecified atom stereocenters. The summed E-state index contributed by atoms with van der Waals surface area (Å²) in [5.41, 5.74) is 5.78. The van der Waals surface area contributed by atoms with Crippen LogP contribution in [0, 0.1) is 24.1 Å². The number of fused-ring (bicyclic) bond motifs is 1. The van der Waals surface area contributed by atoms with Gasteiger partial charge in [-0.1, -0.05) is 37.3 Å². The van der Waals surface area contributed by atoms with Gasteiger partial charge in [-0.05, 0) is 72.4 Å². The quantitative estimate of drug-likeness (QED) is 0.249. The van der Waals surface area contributed by atoms with E-state index >= 15 is 0 Å². The number of halogens is 1. The lowest BCUT2D eigenvalue weighted by Crippen LogP contribution is -2.31. The van der Waals surface area contributed by atoms with Gasteiger partial charge in [-0.25, -0.2) is 12.9 Å². The van der Waals surface area contributed by atoms with Crippen molar-refractivity contribution >= 4 is 28.6 Å². The maximum atomic E-state index is 13.6. The average Bonchev–Trinajstić information content (AvgIpc) is 3.23. The number of aromatic nitrogens is 2. The van der Waals surface area contributed by atoms with Gasteiger partial charge in [0.25, 0.3) is 0 Å². The summed E-state index contributed by atoms with van der Waals surface area (Å²) in [6.45, 7) is 6.43. The first-order valence-electron chi connectivity index (χ1n) is 13.4. The zero-order valence-corrected chi connectivity index (χ0v) is 22.9. The molecule has 1 saturated heterocycles. The monoisotopic (exact) mass is 541 g/mol. The van der Waals surface area contributed by atoms with Gasteiger partial charge in [-0.3, -0.25) is 4.68 Å². The van der Waals surface area contributed by atoms with Gasteiger partial charge >= 0.3 is 0 Å². The first kappa shape index (κ1) is 25.6. The van der Waals surface area contributed by atoms with Gasteiger partial charge in [-0.2, -0.15) is 5.10 Å². The van der Waals surface area contributed by atoms with Crippen LogP contribution >= 0.6 is 0 Å². The van der Waals surface area contributed by atoms with E-state index < -0.39 is 11.0 Å². The van der Waals surface area contributed by atoms with Crippen LogP contribution in [0.3, 0.4) is 0 Å². The van der Waals surface area contributed by atoms with Crippen LogP contribution in [-0.4, -0.2) is 37.6 Å². The van der Waals surface area contributed by atoms with Crippen molar-refractivity contribution in [3.63, 3.8) is 0 Å². The van der Waals surface area contributed by atoms with Gasteiger partial charge in [0.2, 0.25) is 0 Å². The maximum absolute atomic E-state index is 13.6. The number of anilines is 2. The molecule has 2 heterocycles. The van der Waals surface area contributed by atoms with Gasteiger partial charge in [0.1, 0.15) is 16.8 Å². The fourth-order valence-electron chi connectivity index (χ4n) is 6.42. The Kier molecular flexibility index (Phi) is 6.69. The van der Waals surface area contributed by atoms with Gasteiger partial charge in [0, 0.05) is 60.3 Å². The molecule has 3 aromatic carbocycles. The van der Waals surface area contributed by atoms with Crippen LogP contribution in [0.2, 0.25) is 0 Å². The summed E-state index contributed by atoms with van der Waals surface area (Å²) >= 11 is 0. The predicted octanol–water partition coefficient (Wildman–Crippen LogP) is 6.17. The summed E-state index contributed by atoms with van der Waals surface area (Å²) in [7, 11) is -1.29. The van der Waals surface area contributed by atoms with Gasteiger partial charge in [0.05, 0.1) is 11.1 Å². The molecule has 0 amide bonds. The molecule has 2 fully saturated rings. The molecular weight excluding hydrogens is 509 g/mol. The summed E-state index contributed by atoms with van der Waals surface area (Å²) in [5, 5.41) is 15.9. The second kappa shape index (κ2) is 10.2. The van der Waals surface area contributed by atoms with Crippen molar-refractivity contribution in [2.45, 2.75) is 43.0 Å². The Morgan fingerprint density at radius 1 is 1.18 bits per heavy atom. The van der Waals surface area contributed by atoms with E-state index in [-0.39, 0.29) is 11.2 Å². The fourth-order valence-corrected chi connectivity index (χ4v) is 7.70. The number of piperidine rings is 1. The number of hydrogen-bond acceptors (Lipinski definition) is 4. The topological polar surface area (TPSA) is 74.0 Å². The maximum Gasteiger partial charge on any atom is 0.130 e. The van der Waals surface area contributed by atoms with Crippen LogP contribution in [-0.2, 0) is 22.9 Å². The molecule has 1 aromatic heterocycles. The first-order chi connectivity index (χ1) is 18.9. The Balaban J connectivity index is 1.35. The minimum absolute atomic E-state index is 0.188. The zero-order valence-electron chi connectivity index (χ0n) is 22.1. The molecule has 6 rings (SSSR count). The van der Waals surface area contributed by atoms with Crippen LogP contribution in [0.4, 0.5) is 15.8 Å². The highest BCUT2D eigenvalue weighted by Gasteiger charge is 2.71. The van der Waals surface area contributed by atoms with Crippen molar-refractivity contribution in [3.8, 4) is 0 Å². The van der Waals surface area contributed by atoms with Gasteiger partial charge in [0.15, 0.2) is 0 Å². The molecule has 4 atom stereocenters. The molecule has 4 aromatic rings. The minimum atomic E-state index is -1.29. The number of hydrogen-bond donors (Lipinski definition) is 2. The SMILES string of the molecule is CCCn1cc(S(=O)N2CC3C(c4ccccc4)C3(c3cc(C=N)c(Nc4ccc(F)cc4)cc3C)C2)cn1. The third-order valence-electron chi connectivity index (χ3n) is 8.18. The van der Waals surface area contributed by atoms with E-state index in [0.29, 0.717) is 18.4 Å². The Hall–Kier alpha value is -3.62. The molecular formula is C31H32FN5OS. The fraction of sp³-hybridized carbons (Fsp3) is 0.290. The number of rotatable bonds is 9. The van der Waals surface area contributed by atoms with Crippen LogP contribution < -0.4 is 5.32 Å². The van der Waals surface area contributed by atoms with Crippen molar-refractivity contribution in [1.82, 2.24) is 14.1 Å². The van der Waals surface area contributed by atoms with Crippen LogP contribution in [0.15, 0.2) is 84.0 Å². The second-order valence-electron chi connectivity index (χ2n) is 10.6. The molecule has 0 bridgehead atoms. The molecule has 2 N–H and O–H groups in total.